The Balaban J connectivity index is 4.13. The molecule has 0 fully saturated rings. The first-order chi connectivity index (χ1) is 7.17. The van der Waals surface area contributed by atoms with Gasteiger partial charge in [-0.15, -0.1) is 6.42 Å². The summed E-state index contributed by atoms with van der Waals surface area (Å²) in [7, 11) is 0. The maximum absolute atomic E-state index is 8.47. The summed E-state index contributed by atoms with van der Waals surface area (Å²) in [6.45, 7) is 4.14. The van der Waals surface area contributed by atoms with Crippen molar-refractivity contribution in [3.05, 3.63) is 0 Å². The van der Waals surface area contributed by atoms with Crippen LogP contribution in [0.4, 0.5) is 0 Å². The molecule has 4 heteroatoms. The van der Waals surface area contributed by atoms with E-state index in [9.17, 15) is 0 Å². The topological polar surface area (TPSA) is 70.6 Å². The van der Waals surface area contributed by atoms with Gasteiger partial charge >= 0.3 is 0 Å². The quantitative estimate of drug-likeness (QED) is 0.195. The van der Waals surface area contributed by atoms with Gasteiger partial charge in [-0.2, -0.15) is 0 Å². The molecule has 0 bridgehead atoms. The number of amidine groups is 1. The number of nitrogens with one attached hydrogen (secondary N) is 1. The molecule has 0 aliphatic heterocycles. The fourth-order valence-electron chi connectivity index (χ4n) is 1.40. The van der Waals surface area contributed by atoms with Gasteiger partial charge in [0, 0.05) is 12.5 Å². The molecule has 0 aromatic heterocycles. The summed E-state index contributed by atoms with van der Waals surface area (Å²) in [4.78, 5) is 0. The standard InChI is InChI=1S/C11H21N3O/c1-4-7-9(5-2)13-10(6-3)8-11(12)14-15/h2,9-10,13,15H,4,6-8H2,1,3H3,(H2,12,14). The zero-order valence-corrected chi connectivity index (χ0v) is 9.53. The van der Waals surface area contributed by atoms with Crippen LogP contribution >= 0.6 is 0 Å². The van der Waals surface area contributed by atoms with Gasteiger partial charge in [0.25, 0.3) is 0 Å². The van der Waals surface area contributed by atoms with Gasteiger partial charge in [0.15, 0.2) is 0 Å². The van der Waals surface area contributed by atoms with Crippen molar-refractivity contribution < 1.29 is 5.21 Å². The largest absolute Gasteiger partial charge is 0.409 e. The van der Waals surface area contributed by atoms with E-state index in [2.05, 4.69) is 23.3 Å². The van der Waals surface area contributed by atoms with Crippen LogP contribution in [0, 0.1) is 12.3 Å². The smallest absolute Gasteiger partial charge is 0.140 e. The zero-order valence-electron chi connectivity index (χ0n) is 9.53. The Hall–Kier alpha value is -1.21. The third kappa shape index (κ3) is 5.97. The normalized spacial score (nSPS) is 15.7. The second-order valence-electron chi connectivity index (χ2n) is 3.58. The predicted octanol–water partition coefficient (Wildman–Crippen LogP) is 1.29. The monoisotopic (exact) mass is 211 g/mol. The number of nitrogens with two attached hydrogens (primary N) is 1. The molecular weight excluding hydrogens is 190 g/mol. The summed E-state index contributed by atoms with van der Waals surface area (Å²) < 4.78 is 0. The number of terminal acetylenes is 1. The lowest BCUT2D eigenvalue weighted by molar-refractivity contribution is 0.315. The summed E-state index contributed by atoms with van der Waals surface area (Å²) >= 11 is 0. The first-order valence-electron chi connectivity index (χ1n) is 5.36. The molecule has 0 aliphatic carbocycles. The van der Waals surface area contributed by atoms with E-state index >= 15 is 0 Å². The van der Waals surface area contributed by atoms with Crippen LogP contribution in [0.2, 0.25) is 0 Å². The van der Waals surface area contributed by atoms with Crippen molar-refractivity contribution in [3.63, 3.8) is 0 Å². The van der Waals surface area contributed by atoms with Crippen molar-refractivity contribution in [2.24, 2.45) is 10.9 Å². The number of hydrogen-bond donors (Lipinski definition) is 3. The Labute approximate surface area is 91.9 Å². The van der Waals surface area contributed by atoms with Gasteiger partial charge in [-0.1, -0.05) is 31.3 Å². The molecular formula is C11H21N3O. The highest BCUT2D eigenvalue weighted by Gasteiger charge is 2.12. The van der Waals surface area contributed by atoms with E-state index in [-0.39, 0.29) is 17.9 Å². The molecule has 0 amide bonds. The second-order valence-corrected chi connectivity index (χ2v) is 3.58. The van der Waals surface area contributed by atoms with E-state index in [1.807, 2.05) is 6.92 Å². The van der Waals surface area contributed by atoms with Crippen LogP contribution in [-0.2, 0) is 0 Å². The molecule has 4 nitrogen and oxygen atoms in total. The van der Waals surface area contributed by atoms with E-state index < -0.39 is 0 Å². The van der Waals surface area contributed by atoms with Crippen molar-refractivity contribution in [1.29, 1.82) is 0 Å². The van der Waals surface area contributed by atoms with Gasteiger partial charge in [0.05, 0.1) is 6.04 Å². The minimum absolute atomic E-state index is 0.0754. The van der Waals surface area contributed by atoms with E-state index in [1.165, 1.54) is 0 Å². The molecule has 4 N–H and O–H groups in total. The van der Waals surface area contributed by atoms with E-state index in [4.69, 9.17) is 17.4 Å². The minimum Gasteiger partial charge on any atom is -0.409 e. The van der Waals surface area contributed by atoms with Crippen LogP contribution < -0.4 is 11.1 Å². The Morgan fingerprint density at radius 3 is 2.67 bits per heavy atom. The van der Waals surface area contributed by atoms with Crippen LogP contribution in [0.25, 0.3) is 0 Å². The Kier molecular flexibility index (Phi) is 7.47. The fourth-order valence-corrected chi connectivity index (χ4v) is 1.40. The van der Waals surface area contributed by atoms with Crippen molar-refractivity contribution in [1.82, 2.24) is 5.32 Å². The van der Waals surface area contributed by atoms with Gasteiger partial charge in [-0.05, 0) is 12.8 Å². The van der Waals surface area contributed by atoms with Crippen molar-refractivity contribution in [2.45, 2.75) is 51.6 Å². The molecule has 2 atom stereocenters. The highest BCUT2D eigenvalue weighted by atomic mass is 16.4. The summed E-state index contributed by atoms with van der Waals surface area (Å²) in [5, 5.41) is 14.7. The average molecular weight is 211 g/mol. The maximum Gasteiger partial charge on any atom is 0.140 e. The molecule has 0 heterocycles. The summed E-state index contributed by atoms with van der Waals surface area (Å²) in [5.74, 6) is 2.94. The zero-order chi connectivity index (χ0) is 11.7. The lowest BCUT2D eigenvalue weighted by Gasteiger charge is -2.20. The van der Waals surface area contributed by atoms with Crippen LogP contribution in [-0.4, -0.2) is 23.1 Å². The van der Waals surface area contributed by atoms with Crippen LogP contribution in [0.15, 0.2) is 5.16 Å². The molecule has 0 rings (SSSR count). The number of rotatable bonds is 7. The summed E-state index contributed by atoms with van der Waals surface area (Å²) in [6, 6.07) is 0.250. The molecule has 0 aromatic rings. The third-order valence-electron chi connectivity index (χ3n) is 2.29. The van der Waals surface area contributed by atoms with Gasteiger partial charge in [-0.25, -0.2) is 0 Å². The first-order valence-corrected chi connectivity index (χ1v) is 5.36. The number of nitrogens with zero attached hydrogens (tertiary/aromatic N) is 1. The van der Waals surface area contributed by atoms with Crippen LogP contribution in [0.3, 0.4) is 0 Å². The SMILES string of the molecule is C#CC(CCC)NC(CC)CC(N)=NO. The Morgan fingerprint density at radius 2 is 2.27 bits per heavy atom. The molecule has 0 aromatic carbocycles. The molecule has 0 saturated heterocycles. The van der Waals surface area contributed by atoms with Crippen LogP contribution in [0.5, 0.6) is 0 Å². The molecule has 0 spiro atoms. The van der Waals surface area contributed by atoms with Crippen LogP contribution in [0.1, 0.15) is 39.5 Å². The Morgan fingerprint density at radius 1 is 1.60 bits per heavy atom. The average Bonchev–Trinajstić information content (AvgIpc) is 2.26. The molecule has 2 unspecified atom stereocenters. The number of oxime groups is 1. The van der Waals surface area contributed by atoms with Gasteiger partial charge in [0.2, 0.25) is 0 Å². The van der Waals surface area contributed by atoms with Crippen molar-refractivity contribution >= 4 is 5.84 Å². The minimum atomic E-state index is 0.0754. The highest BCUT2D eigenvalue weighted by Crippen LogP contribution is 2.03. The fraction of sp³-hybridized carbons (Fsp3) is 0.727. The molecule has 0 radical (unpaired) electrons. The first kappa shape index (κ1) is 13.8. The summed E-state index contributed by atoms with van der Waals surface area (Å²) in [6.07, 6.45) is 8.82. The van der Waals surface area contributed by atoms with Gasteiger partial charge in [0.1, 0.15) is 5.84 Å². The maximum atomic E-state index is 8.47. The van der Waals surface area contributed by atoms with Crippen molar-refractivity contribution in [3.8, 4) is 12.3 Å². The molecule has 86 valence electrons. The predicted molar refractivity (Wildman–Crippen MR) is 62.8 cm³/mol. The van der Waals surface area contributed by atoms with Gasteiger partial charge in [-0.3, -0.25) is 0 Å². The lowest BCUT2D eigenvalue weighted by atomic mass is 10.1. The van der Waals surface area contributed by atoms with Gasteiger partial charge < -0.3 is 16.3 Å². The number of hydrogen-bond acceptors (Lipinski definition) is 3. The molecule has 15 heavy (non-hydrogen) atoms. The van der Waals surface area contributed by atoms with E-state index in [0.717, 1.165) is 19.3 Å². The highest BCUT2D eigenvalue weighted by molar-refractivity contribution is 5.80. The van der Waals surface area contributed by atoms with E-state index in [0.29, 0.717) is 6.42 Å². The second kappa shape index (κ2) is 8.13. The molecule has 0 saturated carbocycles. The van der Waals surface area contributed by atoms with E-state index in [1.54, 1.807) is 0 Å². The third-order valence-corrected chi connectivity index (χ3v) is 2.29. The van der Waals surface area contributed by atoms with Crippen molar-refractivity contribution in [2.75, 3.05) is 0 Å². The molecule has 0 aliphatic rings. The Bertz CT molecular complexity index is 232. The summed E-state index contributed by atoms with van der Waals surface area (Å²) in [5.41, 5.74) is 5.45. The lowest BCUT2D eigenvalue weighted by Crippen LogP contribution is -2.39.